The smallest absolute Gasteiger partial charge is 0.265 e. The Hall–Kier alpha value is -4.00. The van der Waals surface area contributed by atoms with Crippen molar-refractivity contribution in [3.63, 3.8) is 0 Å². The zero-order chi connectivity index (χ0) is 32.2. The molecule has 0 saturated carbocycles. The van der Waals surface area contributed by atoms with E-state index in [9.17, 15) is 18.9 Å². The molecule has 4 aromatic rings. The van der Waals surface area contributed by atoms with Gasteiger partial charge in [-0.1, -0.05) is 46.4 Å². The molecule has 0 bridgehead atoms. The number of aliphatic imine (C=N–C) groups is 1. The monoisotopic (exact) mass is 706 g/mol. The molecule has 0 aromatic heterocycles. The lowest BCUT2D eigenvalue weighted by molar-refractivity contribution is -0.122. The quantitative estimate of drug-likeness (QED) is 0.164. The molecular weight excluding hydrogens is 686 g/mol. The fraction of sp³-hybridized carbons (Fsp3) is 0.100. The third kappa shape index (κ3) is 7.99. The molecule has 10 nitrogen and oxygen atoms in total. The first-order valence-electron chi connectivity index (χ1n) is 13.0. The van der Waals surface area contributed by atoms with Crippen molar-refractivity contribution in [3.8, 4) is 17.2 Å². The van der Waals surface area contributed by atoms with Crippen LogP contribution in [-0.2, 0) is 20.7 Å². The van der Waals surface area contributed by atoms with Crippen LogP contribution < -0.4 is 24.7 Å². The first-order chi connectivity index (χ1) is 21.5. The van der Waals surface area contributed by atoms with Gasteiger partial charge in [-0.3, -0.25) is 15.0 Å². The molecule has 1 saturated heterocycles. The first kappa shape index (κ1) is 32.4. The van der Waals surface area contributed by atoms with E-state index in [1.807, 2.05) is 0 Å². The molecule has 3 N–H and O–H groups in total. The average Bonchev–Trinajstić information content (AvgIpc) is 3.34. The van der Waals surface area contributed by atoms with Crippen LogP contribution in [0.2, 0.25) is 20.1 Å². The third-order valence-electron chi connectivity index (χ3n) is 6.19. The minimum atomic E-state index is -1.80. The summed E-state index contributed by atoms with van der Waals surface area (Å²) in [6.07, 6.45) is -0.987. The van der Waals surface area contributed by atoms with Gasteiger partial charge in [0.15, 0.2) is 6.10 Å². The van der Waals surface area contributed by atoms with E-state index >= 15 is 0 Å². The molecule has 232 valence electrons. The summed E-state index contributed by atoms with van der Waals surface area (Å²) < 4.78 is 23.6. The minimum Gasteiger partial charge on any atom is -0.508 e. The second kappa shape index (κ2) is 14.0. The van der Waals surface area contributed by atoms with E-state index in [0.717, 1.165) is 0 Å². The standard InChI is InChI=1S/C30H22Cl4N4O6S/c1-16(43-20-7-9-22(10-8-20)45(42)44-21-5-3-19(39)4-6-21)30(41)35-18-2-11-23(32)26(14-18)36-27-15-28(40)38(37-27)29-24(33)12-17(31)13-25(29)34/h2-14,16,39H,15H2,1H3,(H,35,41)(H,36,37). The summed E-state index contributed by atoms with van der Waals surface area (Å²) in [7, 11) is 0. The molecule has 2 unspecified atom stereocenters. The van der Waals surface area contributed by atoms with Gasteiger partial charge in [0, 0.05) is 10.7 Å². The van der Waals surface area contributed by atoms with Crippen LogP contribution in [0.15, 0.2) is 88.8 Å². The Morgan fingerprint density at radius 3 is 2.27 bits per heavy atom. The van der Waals surface area contributed by atoms with Crippen molar-refractivity contribution in [2.45, 2.75) is 24.3 Å². The molecule has 1 aliphatic rings. The molecule has 2 amide bonds. The molecule has 15 heteroatoms. The predicted octanol–water partition coefficient (Wildman–Crippen LogP) is 7.48. The number of aromatic hydroxyl groups is 1. The summed E-state index contributed by atoms with van der Waals surface area (Å²) in [6, 6.07) is 19.7. The Morgan fingerprint density at radius 1 is 0.956 bits per heavy atom. The van der Waals surface area contributed by atoms with E-state index in [1.165, 1.54) is 41.4 Å². The van der Waals surface area contributed by atoms with Crippen LogP contribution in [0.4, 0.5) is 17.1 Å². The second-order valence-electron chi connectivity index (χ2n) is 9.49. The molecule has 2 atom stereocenters. The highest BCUT2D eigenvalue weighted by atomic mass is 35.5. The number of hydrogen-bond acceptors (Lipinski definition) is 7. The molecular formula is C30H22Cl4N4O6S. The van der Waals surface area contributed by atoms with Crippen molar-refractivity contribution >= 4 is 92.2 Å². The molecule has 4 aromatic carbocycles. The lowest BCUT2D eigenvalue weighted by Gasteiger charge is -2.19. The molecule has 1 aliphatic heterocycles. The topological polar surface area (TPSA) is 130 Å². The number of carbonyl (C=O) groups excluding carboxylic acids is 2. The number of carbonyl (C=O) groups is 2. The van der Waals surface area contributed by atoms with Crippen molar-refractivity contribution < 1.29 is 27.8 Å². The number of nitrogens with zero attached hydrogens (tertiary/aromatic N) is 2. The van der Waals surface area contributed by atoms with E-state index < -0.39 is 23.1 Å². The number of benzene rings is 4. The highest BCUT2D eigenvalue weighted by Gasteiger charge is 2.30. The van der Waals surface area contributed by atoms with Gasteiger partial charge in [0.2, 0.25) is 11.1 Å². The largest absolute Gasteiger partial charge is 0.508 e. The number of hydrazine groups is 1. The minimum absolute atomic E-state index is 0.0665. The third-order valence-corrected chi connectivity index (χ3v) is 8.31. The fourth-order valence-electron chi connectivity index (χ4n) is 4.04. The van der Waals surface area contributed by atoms with Crippen LogP contribution in [0, 0.1) is 0 Å². The molecule has 0 spiro atoms. The molecule has 45 heavy (non-hydrogen) atoms. The summed E-state index contributed by atoms with van der Waals surface area (Å²) in [6.45, 7) is 1.57. The SMILES string of the molecule is CC(Oc1ccc(S(=O)Oc2ccc(O)cc2)cc1)C(=O)Nc1ccc(Cl)c(N=C2CC(=O)N(c3c(Cl)cc(Cl)cc3Cl)N2)c1. The van der Waals surface area contributed by atoms with Gasteiger partial charge in [0.05, 0.1) is 32.1 Å². The van der Waals surface area contributed by atoms with Gasteiger partial charge in [-0.05, 0) is 85.8 Å². The zero-order valence-electron chi connectivity index (χ0n) is 23.1. The first-order valence-corrected chi connectivity index (χ1v) is 15.6. The predicted molar refractivity (Wildman–Crippen MR) is 176 cm³/mol. The summed E-state index contributed by atoms with van der Waals surface area (Å²) in [5.41, 5.74) is 3.81. The maximum absolute atomic E-state index is 12.9. The number of amides is 2. The van der Waals surface area contributed by atoms with Crippen molar-refractivity contribution in [1.29, 1.82) is 0 Å². The van der Waals surface area contributed by atoms with E-state index in [2.05, 4.69) is 15.7 Å². The van der Waals surface area contributed by atoms with Crippen LogP contribution >= 0.6 is 46.4 Å². The lowest BCUT2D eigenvalue weighted by atomic mass is 10.2. The molecule has 5 rings (SSSR count). The zero-order valence-corrected chi connectivity index (χ0v) is 26.9. The Kier molecular flexibility index (Phi) is 10.1. The molecule has 1 fully saturated rings. The van der Waals surface area contributed by atoms with Crippen molar-refractivity contribution in [2.75, 3.05) is 10.3 Å². The number of amidine groups is 1. The Balaban J connectivity index is 1.21. The van der Waals surface area contributed by atoms with Crippen LogP contribution in [-0.4, -0.2) is 33.1 Å². The Morgan fingerprint density at radius 2 is 1.60 bits per heavy atom. The highest BCUT2D eigenvalue weighted by molar-refractivity contribution is 7.80. The maximum Gasteiger partial charge on any atom is 0.265 e. The van der Waals surface area contributed by atoms with Crippen LogP contribution in [0.1, 0.15) is 13.3 Å². The number of halogens is 4. The molecule has 1 heterocycles. The fourth-order valence-corrected chi connectivity index (χ4v) is 5.92. The number of anilines is 2. The number of phenolic OH excluding ortho intramolecular Hbond substituents is 1. The molecule has 0 aliphatic carbocycles. The maximum atomic E-state index is 12.9. The van der Waals surface area contributed by atoms with Gasteiger partial charge in [0.25, 0.3) is 11.8 Å². The summed E-state index contributed by atoms with van der Waals surface area (Å²) in [4.78, 5) is 30.5. The highest BCUT2D eigenvalue weighted by Crippen LogP contribution is 2.37. The number of nitrogens with one attached hydrogen (secondary N) is 2. The lowest BCUT2D eigenvalue weighted by Crippen LogP contribution is -2.36. The van der Waals surface area contributed by atoms with Crippen molar-refractivity contribution in [2.24, 2.45) is 4.99 Å². The van der Waals surface area contributed by atoms with Gasteiger partial charge in [-0.15, -0.1) is 0 Å². The van der Waals surface area contributed by atoms with Gasteiger partial charge in [-0.25, -0.2) is 14.2 Å². The van der Waals surface area contributed by atoms with Gasteiger partial charge in [0.1, 0.15) is 28.8 Å². The number of ether oxygens (including phenoxy) is 1. The van der Waals surface area contributed by atoms with Crippen molar-refractivity contribution in [3.05, 3.63) is 99.0 Å². The van der Waals surface area contributed by atoms with E-state index in [1.54, 1.807) is 49.4 Å². The summed E-state index contributed by atoms with van der Waals surface area (Å²) >= 11 is 23.1. The van der Waals surface area contributed by atoms with Crippen LogP contribution in [0.5, 0.6) is 17.2 Å². The number of phenols is 1. The van der Waals surface area contributed by atoms with Crippen LogP contribution in [0.3, 0.4) is 0 Å². The summed E-state index contributed by atoms with van der Waals surface area (Å²) in [5.74, 6) is 0.242. The Labute approximate surface area is 280 Å². The summed E-state index contributed by atoms with van der Waals surface area (Å²) in [5, 5.41) is 14.3. The average molecular weight is 708 g/mol. The number of rotatable bonds is 9. The van der Waals surface area contributed by atoms with Crippen molar-refractivity contribution in [1.82, 2.24) is 5.43 Å². The van der Waals surface area contributed by atoms with Gasteiger partial charge >= 0.3 is 0 Å². The van der Waals surface area contributed by atoms with Crippen LogP contribution in [0.25, 0.3) is 0 Å². The molecule has 0 radical (unpaired) electrons. The second-order valence-corrected chi connectivity index (χ2v) is 12.3. The van der Waals surface area contributed by atoms with E-state index in [4.69, 9.17) is 55.3 Å². The van der Waals surface area contributed by atoms with E-state index in [-0.39, 0.29) is 44.7 Å². The van der Waals surface area contributed by atoms with Gasteiger partial charge in [-0.2, -0.15) is 0 Å². The number of hydrogen-bond donors (Lipinski definition) is 3. The normalized spacial score (nSPS) is 15.0. The Bertz CT molecular complexity index is 1800. The van der Waals surface area contributed by atoms with Gasteiger partial charge < -0.3 is 19.3 Å². The van der Waals surface area contributed by atoms with E-state index in [0.29, 0.717) is 32.8 Å².